The van der Waals surface area contributed by atoms with Gasteiger partial charge in [0.25, 0.3) is 0 Å². The highest BCUT2D eigenvalue weighted by molar-refractivity contribution is 5.97. The van der Waals surface area contributed by atoms with Gasteiger partial charge >= 0.3 is 0 Å². The Morgan fingerprint density at radius 2 is 1.68 bits per heavy atom. The molecule has 1 aromatic heterocycles. The lowest BCUT2D eigenvalue weighted by Gasteiger charge is -2.34. The number of aromatic nitrogens is 1. The normalized spacial score (nSPS) is 20.8. The van der Waals surface area contributed by atoms with Crippen LogP contribution in [-0.2, 0) is 16.6 Å². The van der Waals surface area contributed by atoms with E-state index in [1.54, 1.807) is 11.8 Å². The van der Waals surface area contributed by atoms with Crippen molar-refractivity contribution < 1.29 is 4.79 Å². The van der Waals surface area contributed by atoms with Crippen LogP contribution < -0.4 is 4.90 Å². The van der Waals surface area contributed by atoms with Crippen molar-refractivity contribution >= 4 is 11.6 Å². The predicted octanol–water partition coefficient (Wildman–Crippen LogP) is 6.59. The van der Waals surface area contributed by atoms with Crippen LogP contribution in [0.3, 0.4) is 0 Å². The summed E-state index contributed by atoms with van der Waals surface area (Å²) in [6, 6.07) is 22.1. The topological polar surface area (TPSA) is 60.2 Å². The molecule has 0 bridgehead atoms. The van der Waals surface area contributed by atoms with Gasteiger partial charge in [-0.05, 0) is 74.5 Å². The molecule has 5 nitrogen and oxygen atoms in total. The van der Waals surface area contributed by atoms with Crippen molar-refractivity contribution in [2.24, 2.45) is 0 Å². The number of amides is 1. The maximum Gasteiger partial charge on any atom is 0.224 e. The van der Waals surface area contributed by atoms with Crippen molar-refractivity contribution in [2.75, 3.05) is 24.5 Å². The van der Waals surface area contributed by atoms with Crippen molar-refractivity contribution in [3.63, 3.8) is 0 Å². The predicted molar refractivity (Wildman–Crippen MR) is 152 cm³/mol. The van der Waals surface area contributed by atoms with Gasteiger partial charge in [-0.1, -0.05) is 73.9 Å². The molecule has 1 saturated heterocycles. The highest BCUT2D eigenvalue weighted by Gasteiger charge is 2.54. The molecule has 196 valence electrons. The highest BCUT2D eigenvalue weighted by atomic mass is 16.2. The lowest BCUT2D eigenvalue weighted by molar-refractivity contribution is -0.117. The molecule has 5 rings (SSSR count). The number of fused-ring (bicyclic) bond motifs is 1. The van der Waals surface area contributed by atoms with Crippen LogP contribution in [0, 0.1) is 11.3 Å². The molecule has 2 aromatic carbocycles. The first-order valence-electron chi connectivity index (χ1n) is 14.2. The number of carbonyl (C=O) groups is 1. The van der Waals surface area contributed by atoms with Crippen LogP contribution in [-0.4, -0.2) is 35.4 Å². The molecule has 2 aliphatic heterocycles. The van der Waals surface area contributed by atoms with Crippen molar-refractivity contribution in [1.29, 1.82) is 5.26 Å². The number of rotatable bonds is 10. The Kier molecular flexibility index (Phi) is 8.20. The van der Waals surface area contributed by atoms with Crippen LogP contribution in [0.1, 0.15) is 80.2 Å². The Balaban J connectivity index is 1.35. The zero-order valence-corrected chi connectivity index (χ0v) is 22.5. The minimum atomic E-state index is -1.01. The van der Waals surface area contributed by atoms with E-state index < -0.39 is 11.5 Å². The standard InChI is InChI=1S/C33H38N4O/c1-26(38)37-31-18-10-9-17-30(31)33(25-34,29-15-7-5-8-16-29)32(37)28-22-27(23-35-24-28)14-6-3-2-4-11-19-36-20-12-13-21-36/h5,7-10,15-18,22-24,32H,2-4,6,11-14,19-21H2,1H3. The Morgan fingerprint density at radius 1 is 0.974 bits per heavy atom. The van der Waals surface area contributed by atoms with E-state index in [2.05, 4.69) is 22.0 Å². The van der Waals surface area contributed by atoms with Gasteiger partial charge in [-0.25, -0.2) is 0 Å². The van der Waals surface area contributed by atoms with Gasteiger partial charge in [0, 0.05) is 30.6 Å². The molecule has 0 N–H and O–H groups in total. The zero-order valence-electron chi connectivity index (χ0n) is 22.5. The van der Waals surface area contributed by atoms with E-state index in [-0.39, 0.29) is 5.91 Å². The van der Waals surface area contributed by atoms with Gasteiger partial charge in [0.15, 0.2) is 0 Å². The summed E-state index contributed by atoms with van der Waals surface area (Å²) in [6.07, 6.45) is 13.7. The Hall–Kier alpha value is -3.49. The number of hydrogen-bond donors (Lipinski definition) is 0. The molecule has 0 saturated carbocycles. The summed E-state index contributed by atoms with van der Waals surface area (Å²) >= 11 is 0. The third kappa shape index (κ3) is 5.11. The Labute approximate surface area is 227 Å². The molecule has 0 spiro atoms. The van der Waals surface area contributed by atoms with Crippen LogP contribution in [0.15, 0.2) is 73.1 Å². The van der Waals surface area contributed by atoms with Crippen LogP contribution >= 0.6 is 0 Å². The maximum atomic E-state index is 13.1. The summed E-state index contributed by atoms with van der Waals surface area (Å²) in [5.41, 5.74) is 3.62. The van der Waals surface area contributed by atoms with Gasteiger partial charge < -0.3 is 9.80 Å². The highest BCUT2D eigenvalue weighted by Crippen LogP contribution is 2.56. The summed E-state index contributed by atoms with van der Waals surface area (Å²) in [7, 11) is 0. The first kappa shape index (κ1) is 26.1. The fourth-order valence-corrected chi connectivity index (χ4v) is 6.44. The van der Waals surface area contributed by atoms with E-state index in [1.165, 1.54) is 63.7 Å². The zero-order chi connectivity index (χ0) is 26.4. The number of carbonyl (C=O) groups excluding carboxylic acids is 1. The second kappa shape index (κ2) is 11.9. The van der Waals surface area contributed by atoms with Gasteiger partial charge in [-0.2, -0.15) is 5.26 Å². The number of benzene rings is 2. The molecule has 5 heteroatoms. The average molecular weight is 507 g/mol. The number of nitriles is 1. The van der Waals surface area contributed by atoms with Gasteiger partial charge in [-0.15, -0.1) is 0 Å². The van der Waals surface area contributed by atoms with Crippen LogP contribution in [0.2, 0.25) is 0 Å². The molecule has 38 heavy (non-hydrogen) atoms. The third-order valence-electron chi connectivity index (χ3n) is 8.27. The van der Waals surface area contributed by atoms with Crippen molar-refractivity contribution in [3.8, 4) is 6.07 Å². The van der Waals surface area contributed by atoms with Gasteiger partial charge in [0.05, 0.1) is 12.1 Å². The molecule has 2 aliphatic rings. The minimum Gasteiger partial charge on any atom is -0.303 e. The monoisotopic (exact) mass is 506 g/mol. The molecular weight excluding hydrogens is 468 g/mol. The molecule has 1 amide bonds. The van der Waals surface area contributed by atoms with E-state index in [0.29, 0.717) is 0 Å². The number of nitrogens with zero attached hydrogens (tertiary/aromatic N) is 4. The summed E-state index contributed by atoms with van der Waals surface area (Å²) in [5.74, 6) is -0.0742. The summed E-state index contributed by atoms with van der Waals surface area (Å²) in [6.45, 7) is 5.41. The number of hydrogen-bond acceptors (Lipinski definition) is 4. The maximum absolute atomic E-state index is 13.1. The average Bonchev–Trinajstić information content (AvgIpc) is 3.58. The van der Waals surface area contributed by atoms with Gasteiger partial charge in [-0.3, -0.25) is 9.78 Å². The molecule has 2 unspecified atom stereocenters. The number of para-hydroxylation sites is 1. The summed E-state index contributed by atoms with van der Waals surface area (Å²) in [5, 5.41) is 10.8. The van der Waals surface area contributed by atoms with Crippen molar-refractivity contribution in [2.45, 2.75) is 69.7 Å². The number of aryl methyl sites for hydroxylation is 1. The molecule has 2 atom stereocenters. The number of pyridine rings is 1. The lowest BCUT2D eigenvalue weighted by atomic mass is 9.70. The molecule has 1 fully saturated rings. The smallest absolute Gasteiger partial charge is 0.224 e. The van der Waals surface area contributed by atoms with Crippen LogP contribution in [0.25, 0.3) is 0 Å². The van der Waals surface area contributed by atoms with E-state index >= 15 is 0 Å². The molecular formula is C33H38N4O. The summed E-state index contributed by atoms with van der Waals surface area (Å²) < 4.78 is 0. The number of likely N-dealkylation sites (tertiary alicyclic amines) is 1. The fraction of sp³-hybridized carbons (Fsp3) is 0.424. The number of unbranched alkanes of at least 4 members (excludes halogenated alkanes) is 4. The minimum absolute atomic E-state index is 0.0742. The van der Waals surface area contributed by atoms with Crippen LogP contribution in [0.4, 0.5) is 5.69 Å². The van der Waals surface area contributed by atoms with Crippen molar-refractivity contribution in [3.05, 3.63) is 95.3 Å². The lowest BCUT2D eigenvalue weighted by Crippen LogP contribution is -2.40. The van der Waals surface area contributed by atoms with Gasteiger partial charge in [0.2, 0.25) is 5.91 Å². The molecule has 3 aromatic rings. The fourth-order valence-electron chi connectivity index (χ4n) is 6.44. The molecule has 0 aliphatic carbocycles. The van der Waals surface area contributed by atoms with E-state index in [4.69, 9.17) is 0 Å². The van der Waals surface area contributed by atoms with Gasteiger partial charge in [0.1, 0.15) is 5.41 Å². The Bertz CT molecular complexity index is 1280. The largest absolute Gasteiger partial charge is 0.303 e. The number of anilines is 1. The van der Waals surface area contributed by atoms with E-state index in [9.17, 15) is 10.1 Å². The second-order valence-corrected chi connectivity index (χ2v) is 10.8. The Morgan fingerprint density at radius 3 is 2.45 bits per heavy atom. The van der Waals surface area contributed by atoms with Crippen LogP contribution in [0.5, 0.6) is 0 Å². The quantitative estimate of drug-likeness (QED) is 0.291. The van der Waals surface area contributed by atoms with E-state index in [0.717, 1.165) is 35.2 Å². The first-order valence-corrected chi connectivity index (χ1v) is 14.2. The summed E-state index contributed by atoms with van der Waals surface area (Å²) in [4.78, 5) is 22.1. The first-order chi connectivity index (χ1) is 18.6. The van der Waals surface area contributed by atoms with E-state index in [1.807, 2.05) is 67.0 Å². The SMILES string of the molecule is CC(=O)N1c2ccccc2C(C#N)(c2ccccc2)C1c1cncc(CCCCCCCN2CCCC2)c1. The third-order valence-corrected chi connectivity index (χ3v) is 8.27. The molecule has 0 radical (unpaired) electrons. The molecule has 3 heterocycles. The van der Waals surface area contributed by atoms with Crippen molar-refractivity contribution in [1.82, 2.24) is 9.88 Å². The second-order valence-electron chi connectivity index (χ2n) is 10.8.